The van der Waals surface area contributed by atoms with E-state index < -0.39 is 11.9 Å². The minimum absolute atomic E-state index is 0.0104. The lowest BCUT2D eigenvalue weighted by molar-refractivity contribution is -0.147. The molecular weight excluding hydrogens is 218 g/mol. The highest BCUT2D eigenvalue weighted by Gasteiger charge is 2.41. The second-order valence-corrected chi connectivity index (χ2v) is 4.43. The molecule has 4 heteroatoms. The third kappa shape index (κ3) is 2.30. The molecule has 0 saturated carbocycles. The van der Waals surface area contributed by atoms with Gasteiger partial charge in [0.1, 0.15) is 5.92 Å². The molecule has 0 spiro atoms. The number of carbonyl (C=O) groups is 2. The van der Waals surface area contributed by atoms with Crippen molar-refractivity contribution in [3.8, 4) is 0 Å². The van der Waals surface area contributed by atoms with Crippen LogP contribution in [0.2, 0.25) is 0 Å². The summed E-state index contributed by atoms with van der Waals surface area (Å²) < 4.78 is 0. The molecule has 1 heterocycles. The van der Waals surface area contributed by atoms with E-state index in [0.29, 0.717) is 13.0 Å². The van der Waals surface area contributed by atoms with Crippen molar-refractivity contribution in [3.05, 3.63) is 35.9 Å². The Morgan fingerprint density at radius 2 is 2.06 bits per heavy atom. The van der Waals surface area contributed by atoms with Gasteiger partial charge in [0.25, 0.3) is 0 Å². The Morgan fingerprint density at radius 1 is 1.41 bits per heavy atom. The second-order valence-electron chi connectivity index (χ2n) is 4.43. The summed E-state index contributed by atoms with van der Waals surface area (Å²) in [6.07, 6.45) is 0.404. The zero-order chi connectivity index (χ0) is 12.4. The molecule has 1 aliphatic rings. The van der Waals surface area contributed by atoms with Gasteiger partial charge in [-0.25, -0.2) is 0 Å². The number of amides is 1. The number of rotatable bonds is 3. The lowest BCUT2D eigenvalue weighted by Crippen LogP contribution is -2.33. The number of aliphatic carboxylic acids is 1. The van der Waals surface area contributed by atoms with Crippen molar-refractivity contribution < 1.29 is 14.7 Å². The van der Waals surface area contributed by atoms with Gasteiger partial charge in [-0.05, 0) is 18.9 Å². The summed E-state index contributed by atoms with van der Waals surface area (Å²) in [5.74, 6) is -2.15. The van der Waals surface area contributed by atoms with Crippen LogP contribution < -0.4 is 0 Å². The van der Waals surface area contributed by atoms with Crippen LogP contribution in [0.25, 0.3) is 0 Å². The zero-order valence-electron chi connectivity index (χ0n) is 9.67. The number of benzene rings is 1. The van der Waals surface area contributed by atoms with E-state index in [4.69, 9.17) is 5.11 Å². The lowest BCUT2D eigenvalue weighted by atomic mass is 10.1. The van der Waals surface area contributed by atoms with E-state index in [1.807, 2.05) is 37.3 Å². The maximum Gasteiger partial charge on any atom is 0.316 e. The highest BCUT2D eigenvalue weighted by molar-refractivity contribution is 5.98. The van der Waals surface area contributed by atoms with Gasteiger partial charge in [-0.1, -0.05) is 30.3 Å². The Hall–Kier alpha value is -1.84. The van der Waals surface area contributed by atoms with Crippen LogP contribution in [0.5, 0.6) is 0 Å². The molecule has 4 nitrogen and oxygen atoms in total. The van der Waals surface area contributed by atoms with E-state index in [0.717, 1.165) is 5.56 Å². The first kappa shape index (κ1) is 11.6. The minimum Gasteiger partial charge on any atom is -0.481 e. The molecule has 90 valence electrons. The minimum atomic E-state index is -1.02. The molecular formula is C13H15NO3. The van der Waals surface area contributed by atoms with Gasteiger partial charge in [0, 0.05) is 12.6 Å². The summed E-state index contributed by atoms with van der Waals surface area (Å²) in [7, 11) is 0. The molecule has 1 aromatic carbocycles. The number of hydrogen-bond donors (Lipinski definition) is 1. The number of hydrogen-bond acceptors (Lipinski definition) is 2. The standard InChI is InChI=1S/C13H15NO3/c1-9-7-11(13(16)17)12(15)14(9)8-10-5-3-2-4-6-10/h2-6,9,11H,7-8H2,1H3,(H,16,17). The largest absolute Gasteiger partial charge is 0.481 e. The third-order valence-electron chi connectivity index (χ3n) is 3.18. The summed E-state index contributed by atoms with van der Waals surface area (Å²) in [6, 6.07) is 9.61. The maximum atomic E-state index is 11.9. The van der Waals surface area contributed by atoms with E-state index in [1.165, 1.54) is 0 Å². The van der Waals surface area contributed by atoms with Gasteiger partial charge in [0.05, 0.1) is 0 Å². The Balaban J connectivity index is 2.12. The molecule has 0 radical (unpaired) electrons. The summed E-state index contributed by atoms with van der Waals surface area (Å²) >= 11 is 0. The predicted molar refractivity (Wildman–Crippen MR) is 62.2 cm³/mol. The number of nitrogens with zero attached hydrogens (tertiary/aromatic N) is 1. The third-order valence-corrected chi connectivity index (χ3v) is 3.18. The van der Waals surface area contributed by atoms with Crippen molar-refractivity contribution in [2.75, 3.05) is 0 Å². The van der Waals surface area contributed by atoms with Crippen molar-refractivity contribution in [1.82, 2.24) is 4.90 Å². The van der Waals surface area contributed by atoms with Crippen molar-refractivity contribution in [1.29, 1.82) is 0 Å². The summed E-state index contributed by atoms with van der Waals surface area (Å²) in [4.78, 5) is 24.5. The topological polar surface area (TPSA) is 57.6 Å². The monoisotopic (exact) mass is 233 g/mol. The van der Waals surface area contributed by atoms with Crippen LogP contribution in [-0.2, 0) is 16.1 Å². The highest BCUT2D eigenvalue weighted by atomic mass is 16.4. The van der Waals surface area contributed by atoms with Crippen LogP contribution in [0, 0.1) is 5.92 Å². The van der Waals surface area contributed by atoms with Gasteiger partial charge in [-0.3, -0.25) is 9.59 Å². The fourth-order valence-corrected chi connectivity index (χ4v) is 2.21. The summed E-state index contributed by atoms with van der Waals surface area (Å²) in [5.41, 5.74) is 1.03. The van der Waals surface area contributed by atoms with E-state index in [2.05, 4.69) is 0 Å². The van der Waals surface area contributed by atoms with Gasteiger partial charge in [0.15, 0.2) is 0 Å². The van der Waals surface area contributed by atoms with Crippen LogP contribution in [0.1, 0.15) is 18.9 Å². The fourth-order valence-electron chi connectivity index (χ4n) is 2.21. The quantitative estimate of drug-likeness (QED) is 0.805. The maximum absolute atomic E-state index is 11.9. The first-order chi connectivity index (χ1) is 8.09. The number of carbonyl (C=O) groups excluding carboxylic acids is 1. The second kappa shape index (κ2) is 4.57. The Morgan fingerprint density at radius 3 is 2.59 bits per heavy atom. The van der Waals surface area contributed by atoms with Crippen molar-refractivity contribution in [2.24, 2.45) is 5.92 Å². The molecule has 1 aliphatic heterocycles. The zero-order valence-corrected chi connectivity index (χ0v) is 9.67. The molecule has 0 aromatic heterocycles. The molecule has 2 rings (SSSR count). The van der Waals surface area contributed by atoms with Crippen LogP contribution in [-0.4, -0.2) is 27.9 Å². The molecule has 2 atom stereocenters. The van der Waals surface area contributed by atoms with Crippen LogP contribution in [0.15, 0.2) is 30.3 Å². The van der Waals surface area contributed by atoms with Gasteiger partial charge in [0.2, 0.25) is 5.91 Å². The molecule has 0 bridgehead atoms. The van der Waals surface area contributed by atoms with Crippen LogP contribution >= 0.6 is 0 Å². The molecule has 1 aromatic rings. The molecule has 2 unspecified atom stereocenters. The lowest BCUT2D eigenvalue weighted by Gasteiger charge is -2.21. The highest BCUT2D eigenvalue weighted by Crippen LogP contribution is 2.26. The molecule has 1 fully saturated rings. The Kier molecular flexibility index (Phi) is 3.13. The van der Waals surface area contributed by atoms with E-state index in [1.54, 1.807) is 4.90 Å². The summed E-state index contributed by atoms with van der Waals surface area (Å²) in [5, 5.41) is 8.94. The number of likely N-dealkylation sites (tertiary alicyclic amines) is 1. The molecule has 1 saturated heterocycles. The molecule has 17 heavy (non-hydrogen) atoms. The van der Waals surface area contributed by atoms with Crippen molar-refractivity contribution in [2.45, 2.75) is 25.9 Å². The van der Waals surface area contributed by atoms with Gasteiger partial charge >= 0.3 is 5.97 Å². The van der Waals surface area contributed by atoms with Crippen LogP contribution in [0.3, 0.4) is 0 Å². The van der Waals surface area contributed by atoms with E-state index in [9.17, 15) is 9.59 Å². The molecule has 1 N–H and O–H groups in total. The van der Waals surface area contributed by atoms with Crippen molar-refractivity contribution >= 4 is 11.9 Å². The first-order valence-electron chi connectivity index (χ1n) is 5.67. The summed E-state index contributed by atoms with van der Waals surface area (Å²) in [6.45, 7) is 2.38. The smallest absolute Gasteiger partial charge is 0.316 e. The van der Waals surface area contributed by atoms with Gasteiger partial charge < -0.3 is 10.0 Å². The van der Waals surface area contributed by atoms with Gasteiger partial charge in [-0.2, -0.15) is 0 Å². The normalized spacial score (nSPS) is 24.1. The van der Waals surface area contributed by atoms with Crippen molar-refractivity contribution in [3.63, 3.8) is 0 Å². The average molecular weight is 233 g/mol. The number of carboxylic acid groups (broad SMARTS) is 1. The molecule has 1 amide bonds. The van der Waals surface area contributed by atoms with E-state index in [-0.39, 0.29) is 11.9 Å². The predicted octanol–water partition coefficient (Wildman–Crippen LogP) is 1.51. The Bertz CT molecular complexity index is 430. The Labute approximate surface area is 99.9 Å². The average Bonchev–Trinajstić information content (AvgIpc) is 2.58. The van der Waals surface area contributed by atoms with E-state index >= 15 is 0 Å². The molecule has 0 aliphatic carbocycles. The SMILES string of the molecule is CC1CC(C(=O)O)C(=O)N1Cc1ccccc1. The number of carboxylic acids is 1. The fraction of sp³-hybridized carbons (Fsp3) is 0.385. The first-order valence-corrected chi connectivity index (χ1v) is 5.67. The van der Waals surface area contributed by atoms with Crippen LogP contribution in [0.4, 0.5) is 0 Å². The van der Waals surface area contributed by atoms with Gasteiger partial charge in [-0.15, -0.1) is 0 Å².